The number of nitrogens with one attached hydrogen (secondary N) is 1. The highest BCUT2D eigenvalue weighted by Gasteiger charge is 2.28. The molecule has 3 rings (SSSR count). The Morgan fingerprint density at radius 2 is 1.78 bits per heavy atom. The van der Waals surface area contributed by atoms with Gasteiger partial charge in [0.15, 0.2) is 6.61 Å². The fraction of sp³-hybridized carbons (Fsp3) is 0.389. The standard InChI is InChI=1S/C18H19F3N4O2/c19-18(20,21)12-27-15-4-2-13(3-5-15)16(26)24-14-6-10-25(11-7-14)17-22-8-1-9-23-17/h1-5,8-9,14H,6-7,10-12H2,(H,24,26). The van der Waals surface area contributed by atoms with Gasteiger partial charge in [0.2, 0.25) is 5.95 Å². The lowest BCUT2D eigenvalue weighted by Gasteiger charge is -2.32. The fourth-order valence-corrected chi connectivity index (χ4v) is 2.81. The van der Waals surface area contributed by atoms with E-state index in [1.165, 1.54) is 24.3 Å². The summed E-state index contributed by atoms with van der Waals surface area (Å²) in [6.45, 7) is 0.112. The minimum Gasteiger partial charge on any atom is -0.484 e. The average molecular weight is 380 g/mol. The van der Waals surface area contributed by atoms with Gasteiger partial charge < -0.3 is 15.0 Å². The number of benzene rings is 1. The summed E-state index contributed by atoms with van der Waals surface area (Å²) in [7, 11) is 0. The molecule has 1 aromatic carbocycles. The SMILES string of the molecule is O=C(NC1CCN(c2ncccn2)CC1)c1ccc(OCC(F)(F)F)cc1. The van der Waals surface area contributed by atoms with E-state index >= 15 is 0 Å². The first-order chi connectivity index (χ1) is 12.9. The summed E-state index contributed by atoms with van der Waals surface area (Å²) < 4.78 is 41.1. The predicted octanol–water partition coefficient (Wildman–Crippen LogP) is 2.82. The molecule has 1 N–H and O–H groups in total. The Morgan fingerprint density at radius 1 is 1.15 bits per heavy atom. The number of piperidine rings is 1. The molecular formula is C18H19F3N4O2. The number of halogens is 3. The van der Waals surface area contributed by atoms with Crippen molar-refractivity contribution in [3.05, 3.63) is 48.3 Å². The van der Waals surface area contributed by atoms with Gasteiger partial charge in [-0.05, 0) is 43.2 Å². The third-order valence-corrected chi connectivity index (χ3v) is 4.18. The number of aromatic nitrogens is 2. The molecule has 1 saturated heterocycles. The number of rotatable bonds is 5. The van der Waals surface area contributed by atoms with Crippen LogP contribution in [0.15, 0.2) is 42.7 Å². The van der Waals surface area contributed by atoms with Crippen molar-refractivity contribution in [2.45, 2.75) is 25.1 Å². The van der Waals surface area contributed by atoms with Gasteiger partial charge in [0.1, 0.15) is 5.75 Å². The zero-order chi connectivity index (χ0) is 19.3. The first-order valence-corrected chi connectivity index (χ1v) is 8.53. The lowest BCUT2D eigenvalue weighted by atomic mass is 10.0. The Bertz CT molecular complexity index is 745. The zero-order valence-corrected chi connectivity index (χ0v) is 14.4. The Balaban J connectivity index is 1.48. The number of nitrogens with zero attached hydrogens (tertiary/aromatic N) is 3. The number of alkyl halides is 3. The van der Waals surface area contributed by atoms with Crippen molar-refractivity contribution in [3.63, 3.8) is 0 Å². The van der Waals surface area contributed by atoms with E-state index in [-0.39, 0.29) is 17.7 Å². The lowest BCUT2D eigenvalue weighted by Crippen LogP contribution is -2.45. The first-order valence-electron chi connectivity index (χ1n) is 8.53. The topological polar surface area (TPSA) is 67.4 Å². The van der Waals surface area contributed by atoms with E-state index in [4.69, 9.17) is 0 Å². The fourth-order valence-electron chi connectivity index (χ4n) is 2.81. The lowest BCUT2D eigenvalue weighted by molar-refractivity contribution is -0.153. The molecule has 0 unspecified atom stereocenters. The first kappa shape index (κ1) is 18.9. The van der Waals surface area contributed by atoms with E-state index in [9.17, 15) is 18.0 Å². The van der Waals surface area contributed by atoms with Gasteiger partial charge in [-0.25, -0.2) is 9.97 Å². The molecule has 0 atom stereocenters. The molecule has 6 nitrogen and oxygen atoms in total. The Morgan fingerprint density at radius 3 is 2.37 bits per heavy atom. The molecule has 1 amide bonds. The van der Waals surface area contributed by atoms with Crippen LogP contribution >= 0.6 is 0 Å². The van der Waals surface area contributed by atoms with Gasteiger partial charge >= 0.3 is 6.18 Å². The molecule has 27 heavy (non-hydrogen) atoms. The van der Waals surface area contributed by atoms with Crippen LogP contribution in [-0.2, 0) is 0 Å². The van der Waals surface area contributed by atoms with Gasteiger partial charge in [-0.15, -0.1) is 0 Å². The summed E-state index contributed by atoms with van der Waals surface area (Å²) in [4.78, 5) is 22.8. The molecule has 0 bridgehead atoms. The second kappa shape index (κ2) is 8.24. The molecule has 144 valence electrons. The highest BCUT2D eigenvalue weighted by molar-refractivity contribution is 5.94. The summed E-state index contributed by atoms with van der Waals surface area (Å²) in [6, 6.07) is 7.41. The number of hydrogen-bond acceptors (Lipinski definition) is 5. The number of amides is 1. The predicted molar refractivity (Wildman–Crippen MR) is 92.7 cm³/mol. The van der Waals surface area contributed by atoms with Crippen LogP contribution in [0.5, 0.6) is 5.75 Å². The molecule has 9 heteroatoms. The molecule has 0 radical (unpaired) electrons. The van der Waals surface area contributed by atoms with E-state index in [1.807, 2.05) is 0 Å². The highest BCUT2D eigenvalue weighted by Crippen LogP contribution is 2.19. The van der Waals surface area contributed by atoms with Gasteiger partial charge in [-0.2, -0.15) is 13.2 Å². The van der Waals surface area contributed by atoms with Crippen molar-refractivity contribution in [3.8, 4) is 5.75 Å². The largest absolute Gasteiger partial charge is 0.484 e. The van der Waals surface area contributed by atoms with Crippen LogP contribution < -0.4 is 15.0 Å². The second-order valence-electron chi connectivity index (χ2n) is 6.21. The molecule has 2 aromatic rings. The van der Waals surface area contributed by atoms with Crippen molar-refractivity contribution in [1.82, 2.24) is 15.3 Å². The molecule has 0 saturated carbocycles. The number of anilines is 1. The third kappa shape index (κ3) is 5.57. The number of ether oxygens (including phenoxy) is 1. The smallest absolute Gasteiger partial charge is 0.422 e. The minimum atomic E-state index is -4.39. The van der Waals surface area contributed by atoms with Crippen molar-refractivity contribution >= 4 is 11.9 Å². The summed E-state index contributed by atoms with van der Waals surface area (Å²) in [5, 5.41) is 2.96. The summed E-state index contributed by atoms with van der Waals surface area (Å²) >= 11 is 0. The molecular weight excluding hydrogens is 361 g/mol. The normalized spacial score (nSPS) is 15.4. The van der Waals surface area contributed by atoms with Crippen molar-refractivity contribution in [2.24, 2.45) is 0 Å². The van der Waals surface area contributed by atoms with E-state index in [1.54, 1.807) is 18.5 Å². The quantitative estimate of drug-likeness (QED) is 0.864. The average Bonchev–Trinajstić information content (AvgIpc) is 2.67. The van der Waals surface area contributed by atoms with Crippen molar-refractivity contribution in [1.29, 1.82) is 0 Å². The molecule has 1 aliphatic rings. The Hall–Kier alpha value is -2.84. The highest BCUT2D eigenvalue weighted by atomic mass is 19.4. The molecule has 2 heterocycles. The van der Waals surface area contributed by atoms with Crippen LogP contribution in [0.4, 0.5) is 19.1 Å². The summed E-state index contributed by atoms with van der Waals surface area (Å²) in [6.07, 6.45) is 0.514. The van der Waals surface area contributed by atoms with Gasteiger partial charge in [0, 0.05) is 37.1 Å². The van der Waals surface area contributed by atoms with Gasteiger partial charge in [-0.1, -0.05) is 0 Å². The van der Waals surface area contributed by atoms with E-state index in [2.05, 4.69) is 24.9 Å². The Labute approximate surface area is 154 Å². The van der Waals surface area contributed by atoms with E-state index in [0.717, 1.165) is 25.9 Å². The molecule has 1 aromatic heterocycles. The number of hydrogen-bond donors (Lipinski definition) is 1. The minimum absolute atomic E-state index is 0.0265. The third-order valence-electron chi connectivity index (χ3n) is 4.18. The summed E-state index contributed by atoms with van der Waals surface area (Å²) in [5.74, 6) is 0.489. The van der Waals surface area contributed by atoms with Crippen LogP contribution in [0, 0.1) is 0 Å². The van der Waals surface area contributed by atoms with Gasteiger partial charge in [0.05, 0.1) is 0 Å². The van der Waals surface area contributed by atoms with Gasteiger partial charge in [-0.3, -0.25) is 4.79 Å². The second-order valence-corrected chi connectivity index (χ2v) is 6.21. The van der Waals surface area contributed by atoms with E-state index < -0.39 is 12.8 Å². The van der Waals surface area contributed by atoms with Crippen LogP contribution in [0.3, 0.4) is 0 Å². The maximum absolute atomic E-state index is 12.3. The monoisotopic (exact) mass is 380 g/mol. The van der Waals surface area contributed by atoms with Gasteiger partial charge in [0.25, 0.3) is 5.91 Å². The van der Waals surface area contributed by atoms with Crippen molar-refractivity contribution in [2.75, 3.05) is 24.6 Å². The van der Waals surface area contributed by atoms with Crippen LogP contribution in [0.1, 0.15) is 23.2 Å². The van der Waals surface area contributed by atoms with Crippen molar-refractivity contribution < 1.29 is 22.7 Å². The van der Waals surface area contributed by atoms with Crippen LogP contribution in [0.2, 0.25) is 0 Å². The molecule has 0 spiro atoms. The zero-order valence-electron chi connectivity index (χ0n) is 14.4. The molecule has 0 aliphatic carbocycles. The maximum atomic E-state index is 12.3. The maximum Gasteiger partial charge on any atom is 0.422 e. The van der Waals surface area contributed by atoms with Crippen LogP contribution in [0.25, 0.3) is 0 Å². The number of carbonyl (C=O) groups excluding carboxylic acids is 1. The van der Waals surface area contributed by atoms with E-state index in [0.29, 0.717) is 11.5 Å². The molecule has 1 fully saturated rings. The van der Waals surface area contributed by atoms with Crippen LogP contribution in [-0.4, -0.2) is 47.8 Å². The summed E-state index contributed by atoms with van der Waals surface area (Å²) in [5.41, 5.74) is 0.378. The number of carbonyl (C=O) groups is 1. The Kier molecular flexibility index (Phi) is 5.78. The molecule has 1 aliphatic heterocycles.